The van der Waals surface area contributed by atoms with Gasteiger partial charge in [-0.1, -0.05) is 0 Å². The maximum Gasteiger partial charge on any atom is 0.242 e. The summed E-state index contributed by atoms with van der Waals surface area (Å²) in [6.45, 7) is 0.906. The van der Waals surface area contributed by atoms with E-state index in [4.69, 9.17) is 17.0 Å². The largest absolute Gasteiger partial charge is 0.479 e. The van der Waals surface area contributed by atoms with Crippen LogP contribution in [0.4, 0.5) is 0 Å². The van der Waals surface area contributed by atoms with Gasteiger partial charge in [0.1, 0.15) is 11.8 Å². The fraction of sp³-hybridized carbons (Fsp3) is 0.545. The normalized spacial score (nSPS) is 19.5. The highest BCUT2D eigenvalue weighted by Gasteiger charge is 2.19. The number of aromatic amines is 1. The van der Waals surface area contributed by atoms with Gasteiger partial charge in [-0.2, -0.15) is 16.7 Å². The molecule has 0 spiro atoms. The van der Waals surface area contributed by atoms with E-state index in [1.54, 1.807) is 7.11 Å². The van der Waals surface area contributed by atoms with Crippen LogP contribution in [-0.4, -0.2) is 37.6 Å². The lowest BCUT2D eigenvalue weighted by Crippen LogP contribution is -2.10. The van der Waals surface area contributed by atoms with Crippen molar-refractivity contribution in [3.05, 3.63) is 11.1 Å². The Bertz CT molecular complexity index is 615. The zero-order valence-electron chi connectivity index (χ0n) is 10.0. The summed E-state index contributed by atoms with van der Waals surface area (Å²) in [5, 5.41) is 0.636. The Morgan fingerprint density at radius 3 is 3.22 bits per heavy atom. The van der Waals surface area contributed by atoms with Crippen molar-refractivity contribution in [1.82, 2.24) is 19.5 Å². The van der Waals surface area contributed by atoms with E-state index >= 15 is 0 Å². The molecule has 1 fully saturated rings. The van der Waals surface area contributed by atoms with Crippen LogP contribution in [0.15, 0.2) is 6.33 Å². The topological polar surface area (TPSA) is 55.7 Å². The molecule has 1 aliphatic heterocycles. The molecule has 0 saturated carbocycles. The van der Waals surface area contributed by atoms with E-state index in [0.717, 1.165) is 17.7 Å². The Labute approximate surface area is 114 Å². The summed E-state index contributed by atoms with van der Waals surface area (Å²) in [4.78, 5) is 11.5. The standard InChI is InChI=1S/C11H14N4OS2/c1-16-10-8-9(12-6-13-10)15(11(17)14-8)5-7-3-2-4-18-7/h6-7H,2-5H2,1H3,(H,14,17). The number of thioether (sulfide) groups is 1. The lowest BCUT2D eigenvalue weighted by molar-refractivity contribution is 0.401. The quantitative estimate of drug-likeness (QED) is 0.876. The number of hydrogen-bond donors (Lipinski definition) is 1. The molecule has 0 amide bonds. The van der Waals surface area contributed by atoms with Crippen molar-refractivity contribution in [1.29, 1.82) is 0 Å². The van der Waals surface area contributed by atoms with Gasteiger partial charge >= 0.3 is 0 Å². The highest BCUT2D eigenvalue weighted by atomic mass is 32.2. The van der Waals surface area contributed by atoms with Gasteiger partial charge in [-0.05, 0) is 30.8 Å². The summed E-state index contributed by atoms with van der Waals surface area (Å²) in [6, 6.07) is 0. The predicted molar refractivity (Wildman–Crippen MR) is 74.7 cm³/mol. The molecule has 3 heterocycles. The summed E-state index contributed by atoms with van der Waals surface area (Å²) in [6.07, 6.45) is 4.06. The van der Waals surface area contributed by atoms with E-state index in [2.05, 4.69) is 19.5 Å². The second-order valence-electron chi connectivity index (χ2n) is 4.26. The van der Waals surface area contributed by atoms with Crippen LogP contribution in [0.3, 0.4) is 0 Å². The summed E-state index contributed by atoms with van der Waals surface area (Å²) in [5.41, 5.74) is 1.62. The molecule has 5 nitrogen and oxygen atoms in total. The number of imidazole rings is 1. The molecule has 3 rings (SSSR count). The molecule has 1 aliphatic rings. The molecule has 1 N–H and O–H groups in total. The number of nitrogens with one attached hydrogen (secondary N) is 1. The first-order chi connectivity index (χ1) is 8.79. The molecule has 18 heavy (non-hydrogen) atoms. The van der Waals surface area contributed by atoms with Crippen molar-refractivity contribution in [2.75, 3.05) is 12.9 Å². The Morgan fingerprint density at radius 1 is 1.61 bits per heavy atom. The van der Waals surface area contributed by atoms with E-state index in [-0.39, 0.29) is 0 Å². The molecule has 1 saturated heterocycles. The molecule has 1 atom stereocenters. The van der Waals surface area contributed by atoms with E-state index in [1.807, 2.05) is 11.8 Å². The first kappa shape index (κ1) is 12.0. The second-order valence-corrected chi connectivity index (χ2v) is 6.05. The first-order valence-electron chi connectivity index (χ1n) is 5.88. The molecule has 0 aliphatic carbocycles. The van der Waals surface area contributed by atoms with Gasteiger partial charge in [0.05, 0.1) is 7.11 Å². The number of aromatic nitrogens is 4. The molecular formula is C11H14N4OS2. The highest BCUT2D eigenvalue weighted by Crippen LogP contribution is 2.29. The van der Waals surface area contributed by atoms with Crippen molar-refractivity contribution in [2.45, 2.75) is 24.6 Å². The summed E-state index contributed by atoms with van der Waals surface area (Å²) < 4.78 is 7.96. The third kappa shape index (κ3) is 2.01. The molecule has 1 unspecified atom stereocenters. The number of H-pyrrole nitrogens is 1. The summed E-state index contributed by atoms with van der Waals surface area (Å²) in [7, 11) is 1.60. The van der Waals surface area contributed by atoms with Crippen LogP contribution in [-0.2, 0) is 6.54 Å². The maximum absolute atomic E-state index is 5.37. The zero-order chi connectivity index (χ0) is 12.5. The molecule has 7 heteroatoms. The fourth-order valence-electron chi connectivity index (χ4n) is 2.26. The van der Waals surface area contributed by atoms with Crippen LogP contribution < -0.4 is 4.74 Å². The van der Waals surface area contributed by atoms with E-state index < -0.39 is 0 Å². The Morgan fingerprint density at radius 2 is 2.50 bits per heavy atom. The fourth-order valence-corrected chi connectivity index (χ4v) is 3.78. The minimum absolute atomic E-state index is 0.545. The smallest absolute Gasteiger partial charge is 0.242 e. The van der Waals surface area contributed by atoms with Crippen molar-refractivity contribution >= 4 is 35.1 Å². The van der Waals surface area contributed by atoms with Gasteiger partial charge in [-0.15, -0.1) is 0 Å². The summed E-state index contributed by atoms with van der Waals surface area (Å²) in [5.74, 6) is 1.79. The molecule has 2 aromatic rings. The Hall–Kier alpha value is -1.08. The van der Waals surface area contributed by atoms with Gasteiger partial charge in [-0.25, -0.2) is 4.98 Å². The van der Waals surface area contributed by atoms with Crippen molar-refractivity contribution in [3.63, 3.8) is 0 Å². The average molecular weight is 282 g/mol. The number of ether oxygens (including phenoxy) is 1. The van der Waals surface area contributed by atoms with Crippen LogP contribution in [0.2, 0.25) is 0 Å². The molecule has 96 valence electrons. The number of hydrogen-bond acceptors (Lipinski definition) is 5. The minimum Gasteiger partial charge on any atom is -0.479 e. The maximum atomic E-state index is 5.37. The van der Waals surface area contributed by atoms with Gasteiger partial charge in [0.15, 0.2) is 10.4 Å². The lowest BCUT2D eigenvalue weighted by atomic mass is 10.2. The number of methoxy groups -OCH3 is 1. The zero-order valence-corrected chi connectivity index (χ0v) is 11.7. The molecule has 0 bridgehead atoms. The SMILES string of the molecule is COc1ncnc2c1[nH]c(=S)n2CC1CCCS1. The van der Waals surface area contributed by atoms with Crippen LogP contribution in [0, 0.1) is 4.77 Å². The Kier molecular flexibility index (Phi) is 3.25. The van der Waals surface area contributed by atoms with Crippen LogP contribution in [0.5, 0.6) is 5.88 Å². The van der Waals surface area contributed by atoms with Crippen LogP contribution in [0.1, 0.15) is 12.8 Å². The molecular weight excluding hydrogens is 268 g/mol. The van der Waals surface area contributed by atoms with Gasteiger partial charge < -0.3 is 14.3 Å². The van der Waals surface area contributed by atoms with E-state index in [9.17, 15) is 0 Å². The van der Waals surface area contributed by atoms with Gasteiger partial charge in [0, 0.05) is 11.8 Å². The van der Waals surface area contributed by atoms with Crippen molar-refractivity contribution in [2.24, 2.45) is 0 Å². The number of nitrogens with zero attached hydrogens (tertiary/aromatic N) is 3. The van der Waals surface area contributed by atoms with E-state index in [0.29, 0.717) is 15.9 Å². The van der Waals surface area contributed by atoms with Gasteiger partial charge in [-0.3, -0.25) is 0 Å². The molecule has 2 aromatic heterocycles. The van der Waals surface area contributed by atoms with Crippen LogP contribution >= 0.6 is 24.0 Å². The van der Waals surface area contributed by atoms with Gasteiger partial charge in [0.25, 0.3) is 0 Å². The van der Waals surface area contributed by atoms with Crippen molar-refractivity contribution in [3.8, 4) is 5.88 Å². The average Bonchev–Trinajstić information content (AvgIpc) is 2.99. The molecule has 0 aromatic carbocycles. The van der Waals surface area contributed by atoms with Crippen LogP contribution in [0.25, 0.3) is 11.2 Å². The van der Waals surface area contributed by atoms with E-state index in [1.165, 1.54) is 24.9 Å². The monoisotopic (exact) mass is 282 g/mol. The molecule has 0 radical (unpaired) electrons. The van der Waals surface area contributed by atoms with Crippen molar-refractivity contribution < 1.29 is 4.74 Å². The predicted octanol–water partition coefficient (Wildman–Crippen LogP) is 2.39. The third-order valence-electron chi connectivity index (χ3n) is 3.13. The number of rotatable bonds is 3. The minimum atomic E-state index is 0.545. The Balaban J connectivity index is 2.05. The van der Waals surface area contributed by atoms with Gasteiger partial charge in [0.2, 0.25) is 5.88 Å². The first-order valence-corrected chi connectivity index (χ1v) is 7.34. The third-order valence-corrected chi connectivity index (χ3v) is 4.83. The highest BCUT2D eigenvalue weighted by molar-refractivity contribution is 8.00. The number of fused-ring (bicyclic) bond motifs is 1. The summed E-state index contributed by atoms with van der Waals surface area (Å²) >= 11 is 7.38. The second kappa shape index (κ2) is 4.89. The lowest BCUT2D eigenvalue weighted by Gasteiger charge is -2.09.